The van der Waals surface area contributed by atoms with E-state index in [4.69, 9.17) is 9.47 Å². The number of fused-ring (bicyclic) bond motifs is 2. The molecule has 14 heteroatoms. The summed E-state index contributed by atoms with van der Waals surface area (Å²) in [5, 5.41) is 13.0. The van der Waals surface area contributed by atoms with Crippen molar-refractivity contribution in [3.8, 4) is 0 Å². The van der Waals surface area contributed by atoms with Gasteiger partial charge in [0.2, 0.25) is 0 Å². The Bertz CT molecular complexity index is 1980. The number of aromatic nitrogens is 3. The van der Waals surface area contributed by atoms with Crippen LogP contribution in [-0.2, 0) is 22.4 Å². The second-order valence-corrected chi connectivity index (χ2v) is 13.1. The van der Waals surface area contributed by atoms with E-state index in [-0.39, 0.29) is 35.7 Å². The van der Waals surface area contributed by atoms with E-state index in [1.165, 1.54) is 22.8 Å². The van der Waals surface area contributed by atoms with E-state index < -0.39 is 52.9 Å². The summed E-state index contributed by atoms with van der Waals surface area (Å²) < 4.78 is 39.6. The molecule has 2 aromatic carbocycles. The van der Waals surface area contributed by atoms with Crippen molar-refractivity contribution in [2.24, 2.45) is 0 Å². The minimum absolute atomic E-state index is 0.0190. The predicted molar refractivity (Wildman–Crippen MR) is 172 cm³/mol. The van der Waals surface area contributed by atoms with E-state index in [1.54, 1.807) is 26.8 Å². The van der Waals surface area contributed by atoms with Crippen LogP contribution < -0.4 is 16.0 Å². The number of rotatable bonds is 8. The first-order valence-electron chi connectivity index (χ1n) is 15.9. The summed E-state index contributed by atoms with van der Waals surface area (Å²) in [5.74, 6) is -4.21. The number of hydrogen-bond acceptors (Lipinski definition) is 9. The van der Waals surface area contributed by atoms with Gasteiger partial charge in [-0.05, 0) is 81.0 Å². The fourth-order valence-electron chi connectivity index (χ4n) is 6.06. The van der Waals surface area contributed by atoms with Crippen molar-refractivity contribution in [3.05, 3.63) is 99.0 Å². The molecule has 12 nitrogen and oxygen atoms in total. The van der Waals surface area contributed by atoms with Crippen molar-refractivity contribution in [2.75, 3.05) is 19.7 Å². The Morgan fingerprint density at radius 2 is 1.86 bits per heavy atom. The van der Waals surface area contributed by atoms with Crippen molar-refractivity contribution >= 4 is 29.2 Å². The Morgan fingerprint density at radius 3 is 2.57 bits per heavy atom. The molecular formula is C35H36F2N6O6. The van der Waals surface area contributed by atoms with Crippen LogP contribution in [-0.4, -0.2) is 69.6 Å². The van der Waals surface area contributed by atoms with Crippen LogP contribution in [0, 0.1) is 18.6 Å². The van der Waals surface area contributed by atoms with Crippen LogP contribution in [0.15, 0.2) is 42.6 Å². The lowest BCUT2D eigenvalue weighted by Gasteiger charge is -2.22. The molecule has 0 spiro atoms. The zero-order valence-corrected chi connectivity index (χ0v) is 27.5. The van der Waals surface area contributed by atoms with Crippen molar-refractivity contribution in [2.45, 2.75) is 64.8 Å². The molecule has 256 valence electrons. The molecule has 2 amide bonds. The average Bonchev–Trinajstić information content (AvgIpc) is 3.69. The van der Waals surface area contributed by atoms with E-state index in [2.05, 4.69) is 26.0 Å². The summed E-state index contributed by atoms with van der Waals surface area (Å²) in [5.41, 5.74) is 2.49. The molecule has 0 radical (unpaired) electrons. The lowest BCUT2D eigenvalue weighted by atomic mass is 9.97. The van der Waals surface area contributed by atoms with Gasteiger partial charge in [0.05, 0.1) is 30.0 Å². The summed E-state index contributed by atoms with van der Waals surface area (Å²) >= 11 is 0. The van der Waals surface area contributed by atoms with Gasteiger partial charge < -0.3 is 25.4 Å². The molecule has 2 aliphatic rings. The Hall–Kier alpha value is -5.08. The molecule has 3 heterocycles. The number of nitrogens with zero attached hydrogens (tertiary/aromatic N) is 3. The van der Waals surface area contributed by atoms with Crippen molar-refractivity contribution in [1.82, 2.24) is 30.5 Å². The van der Waals surface area contributed by atoms with Gasteiger partial charge in [0, 0.05) is 25.7 Å². The molecule has 1 aliphatic heterocycles. The highest BCUT2D eigenvalue weighted by Gasteiger charge is 2.32. The molecule has 3 N–H and O–H groups in total. The van der Waals surface area contributed by atoms with Crippen LogP contribution in [0.3, 0.4) is 0 Å². The molecule has 1 aliphatic carbocycles. The van der Waals surface area contributed by atoms with Crippen molar-refractivity contribution < 1.29 is 37.4 Å². The number of carbonyl (C=O) groups is 4. The maximum atomic E-state index is 13.9. The summed E-state index contributed by atoms with van der Waals surface area (Å²) in [6, 6.07) is 7.60. The Morgan fingerprint density at radius 1 is 1.06 bits per heavy atom. The number of Topliss-reactive ketones (excluding diaryl/α,β-unsaturated/α-hetero) is 1. The largest absolute Gasteiger partial charge is 0.456 e. The Kier molecular flexibility index (Phi) is 9.27. The number of amides is 2. The summed E-state index contributed by atoms with van der Waals surface area (Å²) in [7, 11) is 0. The van der Waals surface area contributed by atoms with Crippen LogP contribution in [0.5, 0.6) is 0 Å². The van der Waals surface area contributed by atoms with E-state index >= 15 is 0 Å². The lowest BCUT2D eigenvalue weighted by molar-refractivity contribution is 0.00682. The topological polar surface area (TPSA) is 153 Å². The van der Waals surface area contributed by atoms with Crippen LogP contribution in [0.2, 0.25) is 0 Å². The van der Waals surface area contributed by atoms with Gasteiger partial charge in [0.15, 0.2) is 23.1 Å². The van der Waals surface area contributed by atoms with Gasteiger partial charge in [-0.25, -0.2) is 23.1 Å². The molecule has 2 aromatic heterocycles. The van der Waals surface area contributed by atoms with Crippen LogP contribution in [0.1, 0.15) is 97.2 Å². The SMILES string of the molecule is Cc1c(C(=O)OC(C)(C)C)ccc2c1CC[C@@H]2NC(=O)c1cc(C(=O)NCc2ccc(F)c(F)c2)nc2c(C(=O)C3CNCCO3)cnn12. The zero-order chi connectivity index (χ0) is 35.0. The molecule has 0 saturated carbocycles. The number of morpholine rings is 1. The molecule has 1 saturated heterocycles. The maximum Gasteiger partial charge on any atom is 0.338 e. The monoisotopic (exact) mass is 674 g/mol. The van der Waals surface area contributed by atoms with E-state index in [9.17, 15) is 28.0 Å². The molecule has 1 fully saturated rings. The molecule has 2 atom stereocenters. The van der Waals surface area contributed by atoms with Gasteiger partial charge in [-0.3, -0.25) is 14.4 Å². The number of ketones is 1. The number of halogens is 2. The van der Waals surface area contributed by atoms with Gasteiger partial charge in [-0.2, -0.15) is 5.10 Å². The highest BCUT2D eigenvalue weighted by molar-refractivity contribution is 6.06. The molecule has 4 aromatic rings. The number of carbonyl (C=O) groups excluding carboxylic acids is 4. The average molecular weight is 675 g/mol. The number of esters is 1. The predicted octanol–water partition coefficient (Wildman–Crippen LogP) is 3.79. The molecule has 0 bridgehead atoms. The first kappa shape index (κ1) is 33.8. The van der Waals surface area contributed by atoms with E-state index in [0.29, 0.717) is 37.1 Å². The summed E-state index contributed by atoms with van der Waals surface area (Å²) in [6.07, 6.45) is 1.65. The van der Waals surface area contributed by atoms with Gasteiger partial charge in [-0.1, -0.05) is 12.1 Å². The fraction of sp³-hybridized carbons (Fsp3) is 0.371. The summed E-state index contributed by atoms with van der Waals surface area (Å²) in [4.78, 5) is 58.0. The number of benzene rings is 2. The first-order valence-corrected chi connectivity index (χ1v) is 15.9. The molecule has 49 heavy (non-hydrogen) atoms. The van der Waals surface area contributed by atoms with Crippen molar-refractivity contribution in [3.63, 3.8) is 0 Å². The second kappa shape index (κ2) is 13.4. The minimum Gasteiger partial charge on any atom is -0.456 e. The third kappa shape index (κ3) is 7.06. The highest BCUT2D eigenvalue weighted by Crippen LogP contribution is 2.35. The standard InChI is InChI=1S/C35H36F2N6O6/c1-18-20-8-10-26(22(20)7-6-21(18)34(47)49-35(2,3)4)42-33(46)28-14-27(32(45)39-15-19-5-9-24(36)25(37)13-19)41-31-23(16-40-43(28)31)30(44)29-17-38-11-12-48-29/h5-7,9,13-14,16,26,29,38H,8,10-12,15,17H2,1-4H3,(H,39,45)(H,42,46)/t26-,29?/m0/s1. The van der Waals surface area contributed by atoms with Crippen LogP contribution in [0.4, 0.5) is 8.78 Å². The quantitative estimate of drug-likeness (QED) is 0.187. The molecule has 1 unspecified atom stereocenters. The van der Waals surface area contributed by atoms with Gasteiger partial charge in [0.1, 0.15) is 23.1 Å². The van der Waals surface area contributed by atoms with Gasteiger partial charge in [0.25, 0.3) is 11.8 Å². The third-order valence-electron chi connectivity index (χ3n) is 8.48. The van der Waals surface area contributed by atoms with Gasteiger partial charge >= 0.3 is 5.97 Å². The Balaban J connectivity index is 1.30. The van der Waals surface area contributed by atoms with Crippen LogP contribution in [0.25, 0.3) is 5.65 Å². The van der Waals surface area contributed by atoms with Crippen LogP contribution >= 0.6 is 0 Å². The number of hydrogen-bond donors (Lipinski definition) is 3. The molecule has 6 rings (SSSR count). The minimum atomic E-state index is -1.06. The van der Waals surface area contributed by atoms with Crippen molar-refractivity contribution in [1.29, 1.82) is 0 Å². The first-order chi connectivity index (χ1) is 23.3. The summed E-state index contributed by atoms with van der Waals surface area (Å²) in [6.45, 7) is 8.30. The highest BCUT2D eigenvalue weighted by atomic mass is 19.2. The third-order valence-corrected chi connectivity index (χ3v) is 8.48. The van der Waals surface area contributed by atoms with E-state index in [0.717, 1.165) is 28.8 Å². The number of nitrogens with one attached hydrogen (secondary N) is 3. The fourth-order valence-corrected chi connectivity index (χ4v) is 6.06. The Labute approximate surface area is 280 Å². The van der Waals surface area contributed by atoms with Gasteiger partial charge in [-0.15, -0.1) is 0 Å². The smallest absolute Gasteiger partial charge is 0.338 e. The second-order valence-electron chi connectivity index (χ2n) is 13.1. The molecular weight excluding hydrogens is 638 g/mol. The zero-order valence-electron chi connectivity index (χ0n) is 27.5. The maximum absolute atomic E-state index is 13.9. The normalized spacial score (nSPS) is 17.4. The number of ether oxygens (including phenoxy) is 2. The van der Waals surface area contributed by atoms with E-state index in [1.807, 2.05) is 13.0 Å². The lowest BCUT2D eigenvalue weighted by Crippen LogP contribution is -2.43.